The molecular formula is C41H73F3N3O2+. The van der Waals surface area contributed by atoms with Crippen molar-refractivity contribution in [1.29, 1.82) is 0 Å². The molecule has 8 heteroatoms. The zero-order valence-electron chi connectivity index (χ0n) is 32.2. The van der Waals surface area contributed by atoms with Crippen molar-refractivity contribution in [1.82, 2.24) is 10.2 Å². The van der Waals surface area contributed by atoms with Crippen molar-refractivity contribution < 1.29 is 27.9 Å². The van der Waals surface area contributed by atoms with E-state index in [1.807, 2.05) is 0 Å². The zero-order valence-corrected chi connectivity index (χ0v) is 32.2. The van der Waals surface area contributed by atoms with Crippen LogP contribution >= 0.6 is 0 Å². The fraction of sp³-hybridized carbons (Fsp3) is 0.951. The van der Waals surface area contributed by atoms with Crippen molar-refractivity contribution in [3.63, 3.8) is 0 Å². The molecule has 3 saturated carbocycles. The number of alkyl halides is 3. The van der Waals surface area contributed by atoms with Crippen molar-refractivity contribution in [2.24, 2.45) is 64.6 Å². The average Bonchev–Trinajstić information content (AvgIpc) is 3.05. The second-order valence-corrected chi connectivity index (χ2v) is 19.2. The van der Waals surface area contributed by atoms with Crippen molar-refractivity contribution in [2.45, 2.75) is 136 Å². The summed E-state index contributed by atoms with van der Waals surface area (Å²) in [5, 5.41) is 26.7. The van der Waals surface area contributed by atoms with Gasteiger partial charge in [0.2, 0.25) is 0 Å². The molecule has 0 bridgehead atoms. The Balaban J connectivity index is 1.23. The monoisotopic (exact) mass is 697 g/mol. The molecule has 3 N–H and O–H groups in total. The summed E-state index contributed by atoms with van der Waals surface area (Å²) in [6.07, 6.45) is 6.67. The minimum absolute atomic E-state index is 0.0441. The molecular weight excluding hydrogens is 623 g/mol. The molecule has 5 aliphatic rings. The number of piperidine rings is 2. The molecule has 0 aromatic rings. The second kappa shape index (κ2) is 15.7. The van der Waals surface area contributed by atoms with Gasteiger partial charge in [0.25, 0.3) is 0 Å². The van der Waals surface area contributed by atoms with E-state index < -0.39 is 18.2 Å². The van der Waals surface area contributed by atoms with Gasteiger partial charge in [-0.3, -0.25) is 0 Å². The van der Waals surface area contributed by atoms with Crippen LogP contribution in [0.2, 0.25) is 0 Å². The van der Waals surface area contributed by atoms with Crippen molar-refractivity contribution in [2.75, 3.05) is 47.3 Å². The van der Waals surface area contributed by atoms with Crippen LogP contribution < -0.4 is 5.32 Å². The standard InChI is InChI=1S/C41H73F3N3O2/c1-26-15-18-46(19-16-26)25-32-13-12-30(22-36(32)41(42,43)44)29(4)39(49)31-11-9-27(2)34(21-31)38(45-6)35-23-33(14-10-28(35)3)40(5)17-20-47(7,8)37(48)24-40/h26-28,30-39,45,48-49H,4,9-25H2,1-3,5-8H3/q+1. The number of halogens is 3. The van der Waals surface area contributed by atoms with Crippen LogP contribution in [-0.2, 0) is 0 Å². The molecule has 284 valence electrons. The molecule has 5 fully saturated rings. The van der Waals surface area contributed by atoms with Gasteiger partial charge in [-0.15, -0.1) is 0 Å². The molecule has 49 heavy (non-hydrogen) atoms. The summed E-state index contributed by atoms with van der Waals surface area (Å²) in [7, 11) is 6.40. The molecule has 2 saturated heterocycles. The van der Waals surface area contributed by atoms with Crippen LogP contribution in [0.4, 0.5) is 13.2 Å². The maximum Gasteiger partial charge on any atom is 0.392 e. The molecule has 5 nitrogen and oxygen atoms in total. The van der Waals surface area contributed by atoms with Gasteiger partial charge in [0.1, 0.15) is 0 Å². The van der Waals surface area contributed by atoms with Gasteiger partial charge >= 0.3 is 6.18 Å². The minimum Gasteiger partial charge on any atom is -0.388 e. The predicted octanol–water partition coefficient (Wildman–Crippen LogP) is 8.12. The molecule has 3 aliphatic carbocycles. The van der Waals surface area contributed by atoms with Gasteiger partial charge in [-0.25, -0.2) is 0 Å². The van der Waals surface area contributed by atoms with Crippen molar-refractivity contribution >= 4 is 0 Å². The number of hydrogen-bond acceptors (Lipinski definition) is 4. The third-order valence-electron chi connectivity index (χ3n) is 15.6. The zero-order chi connectivity index (χ0) is 35.9. The van der Waals surface area contributed by atoms with E-state index in [2.05, 4.69) is 65.6 Å². The quantitative estimate of drug-likeness (QED) is 0.169. The molecule has 13 atom stereocenters. The lowest BCUT2D eigenvalue weighted by molar-refractivity contribution is -0.944. The summed E-state index contributed by atoms with van der Waals surface area (Å²) in [6.45, 7) is 17.2. The highest BCUT2D eigenvalue weighted by molar-refractivity contribution is 5.12. The Morgan fingerprint density at radius 2 is 1.57 bits per heavy atom. The topological polar surface area (TPSA) is 55.7 Å². The van der Waals surface area contributed by atoms with Crippen LogP contribution in [0, 0.1) is 64.6 Å². The summed E-state index contributed by atoms with van der Waals surface area (Å²) in [5.74, 6) is 1.41. The number of aliphatic hydroxyl groups excluding tert-OH is 2. The predicted molar refractivity (Wildman–Crippen MR) is 194 cm³/mol. The molecule has 0 spiro atoms. The summed E-state index contributed by atoms with van der Waals surface area (Å²) < 4.78 is 44.3. The van der Waals surface area contributed by atoms with Gasteiger partial charge in [0.05, 0.1) is 32.7 Å². The third kappa shape index (κ3) is 8.93. The highest BCUT2D eigenvalue weighted by Crippen LogP contribution is 2.53. The second-order valence-electron chi connectivity index (χ2n) is 19.2. The summed E-state index contributed by atoms with van der Waals surface area (Å²) in [6, 6.07) is 0.336. The van der Waals surface area contributed by atoms with Crippen LogP contribution in [0.5, 0.6) is 0 Å². The Bertz CT molecular complexity index is 1090. The van der Waals surface area contributed by atoms with E-state index in [1.54, 1.807) is 0 Å². The summed E-state index contributed by atoms with van der Waals surface area (Å²) >= 11 is 0. The Morgan fingerprint density at radius 3 is 2.18 bits per heavy atom. The number of nitrogens with one attached hydrogen (secondary N) is 1. The van der Waals surface area contributed by atoms with Crippen molar-refractivity contribution in [3.05, 3.63) is 12.2 Å². The summed E-state index contributed by atoms with van der Waals surface area (Å²) in [5.41, 5.74) is 0.813. The molecule has 13 unspecified atom stereocenters. The van der Waals surface area contributed by atoms with Gasteiger partial charge in [0, 0.05) is 25.4 Å². The average molecular weight is 697 g/mol. The lowest BCUT2D eigenvalue weighted by Gasteiger charge is -2.53. The van der Waals surface area contributed by atoms with E-state index in [-0.39, 0.29) is 35.8 Å². The van der Waals surface area contributed by atoms with Gasteiger partial charge in [-0.05, 0) is 142 Å². The van der Waals surface area contributed by atoms with Crippen LogP contribution in [-0.4, -0.2) is 91.5 Å². The van der Waals surface area contributed by atoms with Gasteiger partial charge < -0.3 is 24.9 Å². The molecule has 0 amide bonds. The number of likely N-dealkylation sites (tertiary alicyclic amines) is 2. The largest absolute Gasteiger partial charge is 0.392 e. The van der Waals surface area contributed by atoms with Gasteiger partial charge in [0.15, 0.2) is 6.23 Å². The maximum atomic E-state index is 14.5. The van der Waals surface area contributed by atoms with Gasteiger partial charge in [-0.2, -0.15) is 13.2 Å². The molecule has 5 rings (SSSR count). The lowest BCUT2D eigenvalue weighted by Crippen LogP contribution is -2.58. The van der Waals surface area contributed by atoms with E-state index in [0.29, 0.717) is 71.0 Å². The number of aliphatic hydroxyl groups is 2. The van der Waals surface area contributed by atoms with Crippen LogP contribution in [0.25, 0.3) is 0 Å². The fourth-order valence-corrected chi connectivity index (χ4v) is 11.6. The Hall–Kier alpha value is -0.670. The number of quaternary nitrogens is 1. The number of hydrogen-bond donors (Lipinski definition) is 3. The SMILES string of the molecule is C=C(C1CCC(CN2CCC(C)CC2)C(C(F)(F)F)C1)C(O)C1CCC(C)C(C(NC)C2CC(C3(C)CC[N+](C)(C)C(O)C3)CCC2C)C1. The highest BCUT2D eigenvalue weighted by Gasteiger charge is 2.51. The van der Waals surface area contributed by atoms with E-state index in [9.17, 15) is 23.4 Å². The van der Waals surface area contributed by atoms with Crippen molar-refractivity contribution in [3.8, 4) is 0 Å². The Labute approximate surface area is 297 Å². The first-order valence-electron chi connectivity index (χ1n) is 20.3. The smallest absolute Gasteiger partial charge is 0.388 e. The Morgan fingerprint density at radius 1 is 0.939 bits per heavy atom. The molecule has 0 aromatic carbocycles. The van der Waals surface area contributed by atoms with E-state index in [1.165, 1.54) is 19.3 Å². The van der Waals surface area contributed by atoms with E-state index in [0.717, 1.165) is 64.6 Å². The first-order valence-corrected chi connectivity index (χ1v) is 20.3. The van der Waals surface area contributed by atoms with E-state index >= 15 is 0 Å². The number of rotatable bonds is 9. The highest BCUT2D eigenvalue weighted by atomic mass is 19.4. The molecule has 2 heterocycles. The van der Waals surface area contributed by atoms with E-state index in [4.69, 9.17) is 0 Å². The lowest BCUT2D eigenvalue weighted by atomic mass is 9.57. The Kier molecular flexibility index (Phi) is 12.7. The third-order valence-corrected chi connectivity index (χ3v) is 15.6. The maximum absolute atomic E-state index is 14.5. The normalized spacial score (nSPS) is 42.8. The first-order chi connectivity index (χ1) is 22.9. The molecule has 0 radical (unpaired) electrons. The minimum atomic E-state index is -4.22. The van der Waals surface area contributed by atoms with Crippen LogP contribution in [0.3, 0.4) is 0 Å². The first kappa shape index (κ1) is 39.5. The fourth-order valence-electron chi connectivity index (χ4n) is 11.6. The number of nitrogens with zero attached hydrogens (tertiary/aromatic N) is 2. The molecule has 2 aliphatic heterocycles. The van der Waals surface area contributed by atoms with Crippen LogP contribution in [0.1, 0.15) is 111 Å². The summed E-state index contributed by atoms with van der Waals surface area (Å²) in [4.78, 5) is 2.27. The van der Waals surface area contributed by atoms with Crippen LogP contribution in [0.15, 0.2) is 12.2 Å². The van der Waals surface area contributed by atoms with Gasteiger partial charge in [-0.1, -0.05) is 47.1 Å². The molecule has 0 aromatic heterocycles.